The molecule has 0 N–H and O–H groups in total. The van der Waals surface area contributed by atoms with E-state index in [1.165, 1.54) is 5.56 Å². The topological polar surface area (TPSA) is 87.8 Å². The second-order valence-electron chi connectivity index (χ2n) is 11.6. The lowest BCUT2D eigenvalue weighted by Gasteiger charge is -2.43. The van der Waals surface area contributed by atoms with Gasteiger partial charge in [0, 0.05) is 49.6 Å². The van der Waals surface area contributed by atoms with Gasteiger partial charge in [0.15, 0.2) is 0 Å². The minimum absolute atomic E-state index is 0.0286. The lowest BCUT2D eigenvalue weighted by atomic mass is 9.85. The number of carbonyl (C=O) groups is 1. The Bertz CT molecular complexity index is 1570. The van der Waals surface area contributed by atoms with E-state index >= 15 is 0 Å². The Morgan fingerprint density at radius 1 is 0.976 bits per heavy atom. The van der Waals surface area contributed by atoms with Gasteiger partial charge in [-0.3, -0.25) is 4.79 Å². The van der Waals surface area contributed by atoms with Crippen LogP contribution in [0.2, 0.25) is 0 Å². The van der Waals surface area contributed by atoms with Gasteiger partial charge in [0.2, 0.25) is 11.9 Å². The van der Waals surface area contributed by atoms with E-state index in [0.29, 0.717) is 19.6 Å². The fourth-order valence-corrected chi connectivity index (χ4v) is 6.97. The SMILES string of the molecule is Cc1noc(C)c1-c1ccc2nc(N3CCC4(CCC(=O)N4C)CC3)nc(N3CCOCC3c3ccccc3)c2c1. The third-order valence-electron chi connectivity index (χ3n) is 9.44. The minimum Gasteiger partial charge on any atom is -0.377 e. The first-order valence-electron chi connectivity index (χ1n) is 14.6. The number of anilines is 2. The normalized spacial score (nSPS) is 20.9. The maximum absolute atomic E-state index is 12.3. The summed E-state index contributed by atoms with van der Waals surface area (Å²) in [5.74, 6) is 2.73. The van der Waals surface area contributed by atoms with Crippen LogP contribution in [0.5, 0.6) is 0 Å². The number of piperidine rings is 1. The van der Waals surface area contributed by atoms with Gasteiger partial charge in [0.25, 0.3) is 0 Å². The summed E-state index contributed by atoms with van der Waals surface area (Å²) in [6.45, 7) is 7.54. The van der Waals surface area contributed by atoms with Crippen LogP contribution in [-0.2, 0) is 9.53 Å². The highest BCUT2D eigenvalue weighted by Gasteiger charge is 2.45. The number of aryl methyl sites for hydroxylation is 2. The van der Waals surface area contributed by atoms with Crippen LogP contribution in [-0.4, -0.2) is 71.4 Å². The van der Waals surface area contributed by atoms with Crippen molar-refractivity contribution in [2.75, 3.05) is 49.7 Å². The highest BCUT2D eigenvalue weighted by atomic mass is 16.5. The highest BCUT2D eigenvalue weighted by molar-refractivity contribution is 5.94. The van der Waals surface area contributed by atoms with Crippen LogP contribution in [0.15, 0.2) is 53.1 Å². The van der Waals surface area contributed by atoms with Gasteiger partial charge in [-0.1, -0.05) is 41.6 Å². The molecular formula is C32H36N6O3. The first-order valence-corrected chi connectivity index (χ1v) is 14.6. The molecule has 2 aromatic carbocycles. The molecular weight excluding hydrogens is 516 g/mol. The quantitative estimate of drug-likeness (QED) is 0.347. The molecule has 4 aromatic rings. The average molecular weight is 553 g/mol. The van der Waals surface area contributed by atoms with E-state index in [1.807, 2.05) is 31.9 Å². The molecule has 5 heterocycles. The molecule has 3 saturated heterocycles. The Kier molecular flexibility index (Phi) is 6.42. The van der Waals surface area contributed by atoms with Crippen molar-refractivity contribution >= 4 is 28.6 Å². The zero-order valence-corrected chi connectivity index (χ0v) is 24.0. The molecule has 3 fully saturated rings. The van der Waals surface area contributed by atoms with E-state index in [0.717, 1.165) is 84.1 Å². The van der Waals surface area contributed by atoms with Crippen LogP contribution in [0.3, 0.4) is 0 Å². The Hall–Kier alpha value is -3.98. The summed E-state index contributed by atoms with van der Waals surface area (Å²) in [5, 5.41) is 5.19. The van der Waals surface area contributed by atoms with E-state index < -0.39 is 0 Å². The van der Waals surface area contributed by atoms with Crippen molar-refractivity contribution in [3.63, 3.8) is 0 Å². The second-order valence-corrected chi connectivity index (χ2v) is 11.6. The van der Waals surface area contributed by atoms with Crippen molar-refractivity contribution in [3.05, 3.63) is 65.5 Å². The molecule has 9 heteroatoms. The summed E-state index contributed by atoms with van der Waals surface area (Å²) in [5.41, 5.74) is 5.01. The molecule has 0 bridgehead atoms. The number of amides is 1. The molecule has 2 aromatic heterocycles. The fraction of sp³-hybridized carbons (Fsp3) is 0.438. The molecule has 9 nitrogen and oxygen atoms in total. The maximum Gasteiger partial charge on any atom is 0.227 e. The molecule has 3 aliphatic heterocycles. The molecule has 41 heavy (non-hydrogen) atoms. The Morgan fingerprint density at radius 3 is 2.49 bits per heavy atom. The number of fused-ring (bicyclic) bond motifs is 1. The van der Waals surface area contributed by atoms with E-state index in [4.69, 9.17) is 19.2 Å². The van der Waals surface area contributed by atoms with Crippen LogP contribution in [0.1, 0.15) is 48.7 Å². The molecule has 0 aliphatic carbocycles. The number of ether oxygens (including phenoxy) is 1. The molecule has 1 spiro atoms. The van der Waals surface area contributed by atoms with Crippen LogP contribution in [0.4, 0.5) is 11.8 Å². The van der Waals surface area contributed by atoms with Gasteiger partial charge in [-0.2, -0.15) is 4.98 Å². The van der Waals surface area contributed by atoms with Crippen molar-refractivity contribution in [3.8, 4) is 11.1 Å². The third-order valence-corrected chi connectivity index (χ3v) is 9.44. The first-order chi connectivity index (χ1) is 19.9. The van der Waals surface area contributed by atoms with E-state index in [1.54, 1.807) is 0 Å². The number of hydrogen-bond donors (Lipinski definition) is 0. The average Bonchev–Trinajstić information content (AvgIpc) is 3.49. The number of aromatic nitrogens is 3. The van der Waals surface area contributed by atoms with Gasteiger partial charge < -0.3 is 24.0 Å². The summed E-state index contributed by atoms with van der Waals surface area (Å²) < 4.78 is 11.5. The van der Waals surface area contributed by atoms with Crippen LogP contribution in [0.25, 0.3) is 22.0 Å². The molecule has 1 unspecified atom stereocenters. The van der Waals surface area contributed by atoms with E-state index in [-0.39, 0.29) is 17.5 Å². The summed E-state index contributed by atoms with van der Waals surface area (Å²) >= 11 is 0. The molecule has 1 amide bonds. The lowest BCUT2D eigenvalue weighted by molar-refractivity contribution is -0.130. The molecule has 7 rings (SSSR count). The predicted molar refractivity (Wildman–Crippen MR) is 158 cm³/mol. The van der Waals surface area contributed by atoms with Gasteiger partial charge >= 0.3 is 0 Å². The summed E-state index contributed by atoms with van der Waals surface area (Å²) in [7, 11) is 1.97. The first kappa shape index (κ1) is 26.0. The predicted octanol–water partition coefficient (Wildman–Crippen LogP) is 5.07. The van der Waals surface area contributed by atoms with E-state index in [2.05, 4.69) is 57.4 Å². The van der Waals surface area contributed by atoms with Crippen molar-refractivity contribution in [1.82, 2.24) is 20.0 Å². The smallest absolute Gasteiger partial charge is 0.227 e. The van der Waals surface area contributed by atoms with Gasteiger partial charge in [-0.25, -0.2) is 4.98 Å². The minimum atomic E-state index is -0.0286. The summed E-state index contributed by atoms with van der Waals surface area (Å²) in [6, 6.07) is 17.0. The highest BCUT2D eigenvalue weighted by Crippen LogP contribution is 2.41. The van der Waals surface area contributed by atoms with Crippen LogP contribution < -0.4 is 9.80 Å². The van der Waals surface area contributed by atoms with Crippen LogP contribution >= 0.6 is 0 Å². The Labute approximate surface area is 240 Å². The molecule has 212 valence electrons. The largest absolute Gasteiger partial charge is 0.377 e. The maximum atomic E-state index is 12.3. The zero-order valence-electron chi connectivity index (χ0n) is 24.0. The van der Waals surface area contributed by atoms with Gasteiger partial charge in [-0.15, -0.1) is 0 Å². The van der Waals surface area contributed by atoms with Gasteiger partial charge in [0.05, 0.1) is 30.5 Å². The number of nitrogens with zero attached hydrogens (tertiary/aromatic N) is 6. The second kappa shape index (κ2) is 10.1. The molecule has 0 saturated carbocycles. The third kappa shape index (κ3) is 4.43. The number of hydrogen-bond acceptors (Lipinski definition) is 8. The number of carbonyl (C=O) groups excluding carboxylic acids is 1. The van der Waals surface area contributed by atoms with Crippen molar-refractivity contribution in [2.45, 2.75) is 51.1 Å². The monoisotopic (exact) mass is 552 g/mol. The van der Waals surface area contributed by atoms with Crippen LogP contribution in [0, 0.1) is 13.8 Å². The van der Waals surface area contributed by atoms with Gasteiger partial charge in [-0.05, 0) is 56.4 Å². The van der Waals surface area contributed by atoms with Crippen molar-refractivity contribution in [1.29, 1.82) is 0 Å². The standard InChI is InChI=1S/C32H36N6O3/c1-21-29(22(2)41-35-21)24-9-10-26-25(19-24)30(38-17-18-40-20-27(38)23-7-5-4-6-8-23)34-31(33-26)37-15-13-32(14-16-37)12-11-28(39)36(32)3/h4-10,19,27H,11-18,20H2,1-3H3. The van der Waals surface area contributed by atoms with E-state index in [9.17, 15) is 4.79 Å². The molecule has 3 aliphatic rings. The Morgan fingerprint density at radius 2 is 1.78 bits per heavy atom. The summed E-state index contributed by atoms with van der Waals surface area (Å²) in [6.07, 6.45) is 3.46. The Balaban J connectivity index is 1.32. The fourth-order valence-electron chi connectivity index (χ4n) is 6.97. The zero-order chi connectivity index (χ0) is 28.1. The number of morpholine rings is 1. The summed E-state index contributed by atoms with van der Waals surface area (Å²) in [4.78, 5) is 29.4. The number of benzene rings is 2. The number of rotatable bonds is 4. The lowest BCUT2D eigenvalue weighted by Crippen LogP contribution is -2.52. The van der Waals surface area contributed by atoms with Gasteiger partial charge in [0.1, 0.15) is 11.6 Å². The number of likely N-dealkylation sites (tertiary alicyclic amines) is 1. The van der Waals surface area contributed by atoms with Crippen molar-refractivity contribution in [2.24, 2.45) is 0 Å². The molecule has 0 radical (unpaired) electrons. The molecule has 1 atom stereocenters. The van der Waals surface area contributed by atoms with Crippen molar-refractivity contribution < 1.29 is 14.1 Å².